The molecule has 1 heterocycles. The zero-order valence-electron chi connectivity index (χ0n) is 10.9. The zero-order chi connectivity index (χ0) is 13.2. The topological polar surface area (TPSA) is 41.1 Å². The molecule has 4 heteroatoms. The van der Waals surface area contributed by atoms with Crippen LogP contribution in [0, 0.1) is 17.7 Å². The molecule has 1 aliphatic carbocycles. The molecule has 1 aromatic carbocycles. The molecule has 1 saturated carbocycles. The molecular weight excluding hydrogens is 243 g/mol. The summed E-state index contributed by atoms with van der Waals surface area (Å²) in [4.78, 5) is 12.2. The Balaban J connectivity index is 1.55. The Labute approximate surface area is 112 Å². The van der Waals surface area contributed by atoms with Gasteiger partial charge in [-0.15, -0.1) is 0 Å². The van der Waals surface area contributed by atoms with Gasteiger partial charge in [0.2, 0.25) is 5.91 Å². The van der Waals surface area contributed by atoms with Crippen LogP contribution in [0.4, 0.5) is 4.39 Å². The molecule has 2 fully saturated rings. The van der Waals surface area contributed by atoms with Gasteiger partial charge in [0.15, 0.2) is 0 Å². The van der Waals surface area contributed by atoms with E-state index in [-0.39, 0.29) is 17.8 Å². The maximum atomic E-state index is 12.8. The van der Waals surface area contributed by atoms with E-state index in [4.69, 9.17) is 0 Å². The maximum absolute atomic E-state index is 12.8. The van der Waals surface area contributed by atoms with E-state index in [1.165, 1.54) is 25.0 Å². The van der Waals surface area contributed by atoms with Gasteiger partial charge in [-0.05, 0) is 48.9 Å². The number of hydrogen-bond acceptors (Lipinski definition) is 2. The van der Waals surface area contributed by atoms with Crippen LogP contribution in [0.3, 0.4) is 0 Å². The van der Waals surface area contributed by atoms with E-state index in [1.54, 1.807) is 12.1 Å². The number of halogens is 1. The second-order valence-corrected chi connectivity index (χ2v) is 5.59. The van der Waals surface area contributed by atoms with E-state index >= 15 is 0 Å². The number of benzene rings is 1. The van der Waals surface area contributed by atoms with Gasteiger partial charge < -0.3 is 10.6 Å². The van der Waals surface area contributed by atoms with E-state index in [9.17, 15) is 9.18 Å². The number of carbonyl (C=O) groups excluding carboxylic acids is 1. The molecule has 1 amide bonds. The van der Waals surface area contributed by atoms with E-state index in [0.29, 0.717) is 18.4 Å². The summed E-state index contributed by atoms with van der Waals surface area (Å²) in [5.74, 6) is 1.02. The lowest BCUT2D eigenvalue weighted by Crippen LogP contribution is -2.43. The van der Waals surface area contributed by atoms with Gasteiger partial charge in [-0.3, -0.25) is 4.79 Å². The third kappa shape index (κ3) is 2.63. The molecule has 0 radical (unpaired) electrons. The van der Waals surface area contributed by atoms with Crippen LogP contribution in [0.25, 0.3) is 0 Å². The van der Waals surface area contributed by atoms with E-state index in [2.05, 4.69) is 10.6 Å². The first kappa shape index (κ1) is 12.6. The third-order valence-electron chi connectivity index (χ3n) is 4.41. The molecule has 3 nitrogen and oxygen atoms in total. The number of fused-ring (bicyclic) bond motifs is 1. The Morgan fingerprint density at radius 2 is 2.11 bits per heavy atom. The minimum Gasteiger partial charge on any atom is -0.351 e. The first-order valence-electron chi connectivity index (χ1n) is 6.99. The van der Waals surface area contributed by atoms with Crippen LogP contribution >= 0.6 is 0 Å². The Bertz CT molecular complexity index is 460. The predicted molar refractivity (Wildman–Crippen MR) is 70.9 cm³/mol. The lowest BCUT2D eigenvalue weighted by atomic mass is 9.93. The molecule has 2 N–H and O–H groups in total. The number of hydrogen-bond donors (Lipinski definition) is 2. The van der Waals surface area contributed by atoms with Crippen LogP contribution in [0.2, 0.25) is 0 Å². The average molecular weight is 262 g/mol. The molecule has 3 rings (SSSR count). The van der Waals surface area contributed by atoms with E-state index < -0.39 is 0 Å². The quantitative estimate of drug-likeness (QED) is 0.872. The summed E-state index contributed by atoms with van der Waals surface area (Å²) in [6.45, 7) is 1.44. The first-order valence-corrected chi connectivity index (χ1v) is 6.99. The van der Waals surface area contributed by atoms with Crippen molar-refractivity contribution in [1.29, 1.82) is 0 Å². The summed E-state index contributed by atoms with van der Waals surface area (Å²) in [7, 11) is 0. The van der Waals surface area contributed by atoms with Crippen LogP contribution in [0.1, 0.15) is 24.8 Å². The van der Waals surface area contributed by atoms with Crippen LogP contribution < -0.4 is 10.6 Å². The molecular formula is C15H19FN2O. The van der Waals surface area contributed by atoms with Gasteiger partial charge >= 0.3 is 0 Å². The van der Waals surface area contributed by atoms with Crippen molar-refractivity contribution in [1.82, 2.24) is 10.6 Å². The number of rotatable bonds is 3. The molecule has 1 aliphatic heterocycles. The van der Waals surface area contributed by atoms with Crippen molar-refractivity contribution in [2.24, 2.45) is 11.8 Å². The lowest BCUT2D eigenvalue weighted by Gasteiger charge is -2.17. The Hall–Kier alpha value is -1.42. The summed E-state index contributed by atoms with van der Waals surface area (Å²) >= 11 is 0. The molecule has 3 atom stereocenters. The highest BCUT2D eigenvalue weighted by molar-refractivity contribution is 5.82. The van der Waals surface area contributed by atoms with E-state index in [1.807, 2.05) is 0 Å². The van der Waals surface area contributed by atoms with Gasteiger partial charge in [-0.25, -0.2) is 4.39 Å². The predicted octanol–water partition coefficient (Wildman–Crippen LogP) is 1.83. The fourth-order valence-corrected chi connectivity index (χ4v) is 3.38. The molecule has 0 spiro atoms. The normalized spacial score (nSPS) is 29.2. The second-order valence-electron chi connectivity index (χ2n) is 5.59. The van der Waals surface area contributed by atoms with Crippen molar-refractivity contribution < 1.29 is 9.18 Å². The lowest BCUT2D eigenvalue weighted by molar-refractivity contribution is -0.123. The summed E-state index contributed by atoms with van der Waals surface area (Å²) < 4.78 is 12.8. The molecule has 19 heavy (non-hydrogen) atoms. The third-order valence-corrected chi connectivity index (χ3v) is 4.41. The number of carbonyl (C=O) groups is 1. The van der Waals surface area contributed by atoms with Crippen LogP contribution in [-0.2, 0) is 11.3 Å². The fourth-order valence-electron chi connectivity index (χ4n) is 3.38. The van der Waals surface area contributed by atoms with Crippen molar-refractivity contribution in [2.75, 3.05) is 6.54 Å². The Kier molecular flexibility index (Phi) is 3.51. The van der Waals surface area contributed by atoms with Crippen molar-refractivity contribution >= 4 is 5.91 Å². The SMILES string of the molecule is O=C(NCc1ccc(F)cc1)C1NCC2CCCC21. The van der Waals surface area contributed by atoms with Crippen molar-refractivity contribution in [3.63, 3.8) is 0 Å². The molecule has 0 aromatic heterocycles. The smallest absolute Gasteiger partial charge is 0.237 e. The van der Waals surface area contributed by atoms with E-state index in [0.717, 1.165) is 18.5 Å². The standard InChI is InChI=1S/C15H19FN2O/c16-12-6-4-10(5-7-12)8-18-15(19)14-13-3-1-2-11(13)9-17-14/h4-7,11,13-14,17H,1-3,8-9H2,(H,18,19). The molecule has 1 saturated heterocycles. The Morgan fingerprint density at radius 3 is 2.89 bits per heavy atom. The highest BCUT2D eigenvalue weighted by Gasteiger charge is 2.42. The van der Waals surface area contributed by atoms with Crippen LogP contribution in [0.5, 0.6) is 0 Å². The summed E-state index contributed by atoms with van der Waals surface area (Å²) in [5, 5.41) is 6.28. The fraction of sp³-hybridized carbons (Fsp3) is 0.533. The van der Waals surface area contributed by atoms with Gasteiger partial charge in [0.25, 0.3) is 0 Å². The molecule has 1 aromatic rings. The summed E-state index contributed by atoms with van der Waals surface area (Å²) in [6, 6.07) is 6.21. The molecule has 2 aliphatic rings. The largest absolute Gasteiger partial charge is 0.351 e. The molecule has 102 valence electrons. The van der Waals surface area contributed by atoms with Gasteiger partial charge in [-0.2, -0.15) is 0 Å². The van der Waals surface area contributed by atoms with Crippen LogP contribution in [-0.4, -0.2) is 18.5 Å². The first-order chi connectivity index (χ1) is 9.24. The van der Waals surface area contributed by atoms with Crippen LogP contribution in [0.15, 0.2) is 24.3 Å². The van der Waals surface area contributed by atoms with Gasteiger partial charge in [0.05, 0.1) is 6.04 Å². The van der Waals surface area contributed by atoms with Crippen molar-refractivity contribution in [3.8, 4) is 0 Å². The highest BCUT2D eigenvalue weighted by Crippen LogP contribution is 2.37. The minimum absolute atomic E-state index is 0.0343. The number of nitrogens with one attached hydrogen (secondary N) is 2. The molecule has 3 unspecified atom stereocenters. The van der Waals surface area contributed by atoms with Gasteiger partial charge in [0.1, 0.15) is 5.82 Å². The van der Waals surface area contributed by atoms with Gasteiger partial charge in [0, 0.05) is 6.54 Å². The summed E-state index contributed by atoms with van der Waals surface area (Å²) in [6.07, 6.45) is 3.66. The molecule has 0 bridgehead atoms. The monoisotopic (exact) mass is 262 g/mol. The Morgan fingerprint density at radius 1 is 1.32 bits per heavy atom. The maximum Gasteiger partial charge on any atom is 0.237 e. The van der Waals surface area contributed by atoms with Gasteiger partial charge in [-0.1, -0.05) is 18.6 Å². The highest BCUT2D eigenvalue weighted by atomic mass is 19.1. The average Bonchev–Trinajstić information content (AvgIpc) is 3.00. The second kappa shape index (κ2) is 5.29. The minimum atomic E-state index is -0.249. The van der Waals surface area contributed by atoms with Crippen molar-refractivity contribution in [2.45, 2.75) is 31.8 Å². The summed E-state index contributed by atoms with van der Waals surface area (Å²) in [5.41, 5.74) is 0.927. The van der Waals surface area contributed by atoms with Crippen molar-refractivity contribution in [3.05, 3.63) is 35.6 Å². The number of amides is 1. The zero-order valence-corrected chi connectivity index (χ0v) is 10.9.